The van der Waals surface area contributed by atoms with E-state index in [9.17, 15) is 8.78 Å². The van der Waals surface area contributed by atoms with Crippen LogP contribution in [0.15, 0.2) is 18.2 Å². The van der Waals surface area contributed by atoms with Gasteiger partial charge in [-0.25, -0.2) is 8.78 Å². The van der Waals surface area contributed by atoms with Crippen LogP contribution in [0, 0.1) is 17.6 Å². The smallest absolute Gasteiger partial charge is 0.126 e. The average Bonchev–Trinajstić information content (AvgIpc) is 2.84. The highest BCUT2D eigenvalue weighted by atomic mass is 19.1. The fraction of sp³-hybridized carbons (Fsp3) is 0.625. The van der Waals surface area contributed by atoms with Crippen molar-refractivity contribution in [2.24, 2.45) is 5.92 Å². The highest BCUT2D eigenvalue weighted by Crippen LogP contribution is 2.26. The molecule has 0 saturated carbocycles. The Kier molecular flexibility index (Phi) is 5.49. The molecular formula is C16H23F2NO. The zero-order valence-corrected chi connectivity index (χ0v) is 12.2. The molecule has 3 unspecified atom stereocenters. The van der Waals surface area contributed by atoms with Crippen molar-refractivity contribution in [3.8, 4) is 0 Å². The largest absolute Gasteiger partial charge is 0.378 e. The van der Waals surface area contributed by atoms with Crippen molar-refractivity contribution in [2.75, 3.05) is 13.2 Å². The van der Waals surface area contributed by atoms with Gasteiger partial charge in [-0.2, -0.15) is 0 Å². The lowest BCUT2D eigenvalue weighted by molar-refractivity contribution is 0.0952. The number of rotatable bonds is 6. The Morgan fingerprint density at radius 2 is 2.20 bits per heavy atom. The molecule has 1 saturated heterocycles. The summed E-state index contributed by atoms with van der Waals surface area (Å²) in [6.07, 6.45) is 2.66. The molecule has 0 radical (unpaired) electrons. The summed E-state index contributed by atoms with van der Waals surface area (Å²) < 4.78 is 32.7. The van der Waals surface area contributed by atoms with E-state index in [-0.39, 0.29) is 23.8 Å². The molecule has 20 heavy (non-hydrogen) atoms. The molecule has 1 fully saturated rings. The van der Waals surface area contributed by atoms with Gasteiger partial charge in [0.15, 0.2) is 0 Å². The molecule has 2 rings (SSSR count). The fourth-order valence-corrected chi connectivity index (χ4v) is 2.92. The fourth-order valence-electron chi connectivity index (χ4n) is 2.92. The molecule has 1 aromatic carbocycles. The number of hydrogen-bond donors (Lipinski definition) is 1. The Bertz CT molecular complexity index is 438. The van der Waals surface area contributed by atoms with Crippen molar-refractivity contribution in [3.05, 3.63) is 35.4 Å². The Balaban J connectivity index is 2.12. The maximum Gasteiger partial charge on any atom is 0.126 e. The first-order valence-electron chi connectivity index (χ1n) is 7.40. The van der Waals surface area contributed by atoms with E-state index >= 15 is 0 Å². The normalized spacial score (nSPS) is 24.0. The van der Waals surface area contributed by atoms with Crippen molar-refractivity contribution in [3.63, 3.8) is 0 Å². The lowest BCUT2D eigenvalue weighted by Gasteiger charge is -2.27. The maximum absolute atomic E-state index is 13.8. The highest BCUT2D eigenvalue weighted by Gasteiger charge is 2.32. The molecule has 1 heterocycles. The minimum atomic E-state index is -0.383. The molecule has 4 heteroatoms. The van der Waals surface area contributed by atoms with E-state index in [4.69, 9.17) is 4.74 Å². The van der Waals surface area contributed by atoms with Crippen molar-refractivity contribution >= 4 is 0 Å². The third-order valence-electron chi connectivity index (χ3n) is 4.06. The lowest BCUT2D eigenvalue weighted by atomic mass is 9.88. The van der Waals surface area contributed by atoms with Gasteiger partial charge in [0.1, 0.15) is 11.6 Å². The van der Waals surface area contributed by atoms with Gasteiger partial charge in [0.2, 0.25) is 0 Å². The lowest BCUT2D eigenvalue weighted by Crippen LogP contribution is -2.41. The van der Waals surface area contributed by atoms with Gasteiger partial charge >= 0.3 is 0 Å². The monoisotopic (exact) mass is 283 g/mol. The van der Waals surface area contributed by atoms with Crippen molar-refractivity contribution in [2.45, 2.75) is 45.3 Å². The van der Waals surface area contributed by atoms with Crippen LogP contribution in [0.4, 0.5) is 8.78 Å². The van der Waals surface area contributed by atoms with E-state index in [0.29, 0.717) is 17.9 Å². The second-order valence-corrected chi connectivity index (χ2v) is 5.53. The quantitative estimate of drug-likeness (QED) is 0.865. The molecule has 1 aliphatic rings. The van der Waals surface area contributed by atoms with Crippen LogP contribution >= 0.6 is 0 Å². The summed E-state index contributed by atoms with van der Waals surface area (Å²) in [5.74, 6) is -0.364. The number of halogens is 2. The minimum absolute atomic E-state index is 0.128. The third-order valence-corrected chi connectivity index (χ3v) is 4.06. The summed E-state index contributed by atoms with van der Waals surface area (Å²) in [7, 11) is 0. The van der Waals surface area contributed by atoms with Crippen LogP contribution < -0.4 is 5.32 Å². The van der Waals surface area contributed by atoms with E-state index in [1.54, 1.807) is 0 Å². The van der Waals surface area contributed by atoms with Gasteiger partial charge in [0, 0.05) is 18.6 Å². The number of ether oxygens (including phenoxy) is 1. The molecule has 0 amide bonds. The first-order valence-corrected chi connectivity index (χ1v) is 7.40. The van der Waals surface area contributed by atoms with Gasteiger partial charge in [-0.15, -0.1) is 0 Å². The predicted octanol–water partition coefficient (Wildman–Crippen LogP) is 3.30. The van der Waals surface area contributed by atoms with Gasteiger partial charge in [0.05, 0.1) is 6.10 Å². The number of hydrogen-bond acceptors (Lipinski definition) is 2. The van der Waals surface area contributed by atoms with E-state index in [0.717, 1.165) is 32.1 Å². The van der Waals surface area contributed by atoms with Crippen LogP contribution in [0.5, 0.6) is 0 Å². The summed E-state index contributed by atoms with van der Waals surface area (Å²) >= 11 is 0. The van der Waals surface area contributed by atoms with Gasteiger partial charge in [-0.05, 0) is 56.5 Å². The van der Waals surface area contributed by atoms with Crippen molar-refractivity contribution in [1.82, 2.24) is 5.32 Å². The van der Waals surface area contributed by atoms with Crippen LogP contribution in [0.1, 0.15) is 32.3 Å². The summed E-state index contributed by atoms with van der Waals surface area (Å²) in [4.78, 5) is 0. The van der Waals surface area contributed by atoms with Crippen LogP contribution in [0.25, 0.3) is 0 Å². The first-order chi connectivity index (χ1) is 9.61. The zero-order valence-electron chi connectivity index (χ0n) is 12.2. The zero-order chi connectivity index (χ0) is 14.5. The highest BCUT2D eigenvalue weighted by molar-refractivity contribution is 5.20. The van der Waals surface area contributed by atoms with Gasteiger partial charge in [-0.3, -0.25) is 0 Å². The SMILES string of the molecule is CCCNC(Cc1cc(F)ccc1F)C1CCOC1C. The molecule has 112 valence electrons. The average molecular weight is 283 g/mol. The topological polar surface area (TPSA) is 21.3 Å². The summed E-state index contributed by atoms with van der Waals surface area (Å²) in [5, 5.41) is 3.47. The maximum atomic E-state index is 13.8. The van der Waals surface area contributed by atoms with Gasteiger partial charge in [0.25, 0.3) is 0 Å². The Hall–Kier alpha value is -1.00. The van der Waals surface area contributed by atoms with Crippen molar-refractivity contribution in [1.29, 1.82) is 0 Å². The minimum Gasteiger partial charge on any atom is -0.378 e. The second-order valence-electron chi connectivity index (χ2n) is 5.53. The van der Waals surface area contributed by atoms with Crippen LogP contribution in [-0.4, -0.2) is 25.3 Å². The molecule has 0 spiro atoms. The summed E-state index contributed by atoms with van der Waals surface area (Å²) in [6.45, 7) is 5.79. The van der Waals surface area contributed by atoms with E-state index in [1.165, 1.54) is 12.1 Å². The van der Waals surface area contributed by atoms with E-state index in [1.807, 2.05) is 0 Å². The molecule has 2 nitrogen and oxygen atoms in total. The molecule has 0 aromatic heterocycles. The van der Waals surface area contributed by atoms with E-state index < -0.39 is 0 Å². The molecule has 0 aliphatic carbocycles. The molecular weight excluding hydrogens is 260 g/mol. The van der Waals surface area contributed by atoms with Crippen molar-refractivity contribution < 1.29 is 13.5 Å². The second kappa shape index (κ2) is 7.14. The summed E-state index contributed by atoms with van der Waals surface area (Å²) in [5.41, 5.74) is 0.442. The van der Waals surface area contributed by atoms with Gasteiger partial charge < -0.3 is 10.1 Å². The number of benzene rings is 1. The summed E-state index contributed by atoms with van der Waals surface area (Å²) in [6, 6.07) is 3.80. The number of nitrogens with one attached hydrogen (secondary N) is 1. The molecule has 3 atom stereocenters. The molecule has 1 N–H and O–H groups in total. The standard InChI is InChI=1S/C16H23F2NO/c1-3-7-19-16(14-6-8-20-11(14)2)10-12-9-13(17)4-5-15(12)18/h4-5,9,11,14,16,19H,3,6-8,10H2,1-2H3. The Morgan fingerprint density at radius 3 is 2.85 bits per heavy atom. The van der Waals surface area contributed by atoms with Crippen LogP contribution in [-0.2, 0) is 11.2 Å². The van der Waals surface area contributed by atoms with Crippen LogP contribution in [0.3, 0.4) is 0 Å². The van der Waals surface area contributed by atoms with Gasteiger partial charge in [-0.1, -0.05) is 6.92 Å². The molecule has 1 aromatic rings. The molecule has 1 aliphatic heterocycles. The van der Waals surface area contributed by atoms with E-state index in [2.05, 4.69) is 19.2 Å². The molecule has 0 bridgehead atoms. The third kappa shape index (κ3) is 3.76. The first kappa shape index (κ1) is 15.4. The Morgan fingerprint density at radius 1 is 1.40 bits per heavy atom. The Labute approximate surface area is 119 Å². The predicted molar refractivity (Wildman–Crippen MR) is 75.7 cm³/mol. The van der Waals surface area contributed by atoms with Crippen LogP contribution in [0.2, 0.25) is 0 Å².